The average molecular weight is 365 g/mol. The molecule has 1 aliphatic rings. The summed E-state index contributed by atoms with van der Waals surface area (Å²) < 4.78 is 16.1. The van der Waals surface area contributed by atoms with E-state index in [-0.39, 0.29) is 25.7 Å². The lowest BCUT2D eigenvalue weighted by molar-refractivity contribution is -0.159. The molecule has 0 spiro atoms. The quantitative estimate of drug-likeness (QED) is 0.722. The summed E-state index contributed by atoms with van der Waals surface area (Å²) >= 11 is 0. The van der Waals surface area contributed by atoms with Crippen LogP contribution in [0.25, 0.3) is 0 Å². The second kappa shape index (κ2) is 9.43. The number of hydrogen-bond acceptors (Lipinski definition) is 5. The van der Waals surface area contributed by atoms with E-state index in [0.29, 0.717) is 31.7 Å². The summed E-state index contributed by atoms with van der Waals surface area (Å²) in [6, 6.07) is 7.09. The van der Waals surface area contributed by atoms with E-state index in [0.717, 1.165) is 12.2 Å². The maximum absolute atomic E-state index is 12.4. The normalized spacial score (nSPS) is 19.8. The Bertz CT molecular complexity index is 599. The smallest absolute Gasteiger partial charge is 0.313 e. The minimum atomic E-state index is -1.04. The van der Waals surface area contributed by atoms with Crippen LogP contribution in [0.3, 0.4) is 0 Å². The van der Waals surface area contributed by atoms with Gasteiger partial charge in [0.2, 0.25) is 0 Å². The number of carbonyl (C=O) groups is 2. The molecule has 1 N–H and O–H groups in total. The highest BCUT2D eigenvalue weighted by Gasteiger charge is 2.43. The number of rotatable bonds is 9. The fourth-order valence-electron chi connectivity index (χ4n) is 3.06. The molecule has 1 heterocycles. The van der Waals surface area contributed by atoms with Gasteiger partial charge in [0, 0.05) is 20.2 Å². The Morgan fingerprint density at radius 1 is 1.19 bits per heavy atom. The maximum atomic E-state index is 12.4. The Morgan fingerprint density at radius 3 is 2.42 bits per heavy atom. The first-order chi connectivity index (χ1) is 12.5. The molecule has 0 radical (unpaired) electrons. The van der Waals surface area contributed by atoms with Gasteiger partial charge in [-0.25, -0.2) is 0 Å². The van der Waals surface area contributed by atoms with E-state index in [1.165, 1.54) is 7.11 Å². The topological polar surface area (TPSA) is 85.3 Å². The number of amides is 1. The van der Waals surface area contributed by atoms with Gasteiger partial charge in [0.1, 0.15) is 16.9 Å². The van der Waals surface area contributed by atoms with Gasteiger partial charge >= 0.3 is 5.97 Å². The van der Waals surface area contributed by atoms with Crippen molar-refractivity contribution in [1.82, 2.24) is 4.90 Å². The minimum absolute atomic E-state index is 0.0895. The molecule has 0 aliphatic carbocycles. The molecule has 2 rings (SSSR count). The first-order valence-electron chi connectivity index (χ1n) is 8.86. The van der Waals surface area contributed by atoms with Crippen LogP contribution in [0, 0.1) is 5.41 Å². The summed E-state index contributed by atoms with van der Waals surface area (Å²) in [6.07, 6.45) is 2.06. The molecular formula is C19H27NO6. The van der Waals surface area contributed by atoms with Crippen LogP contribution < -0.4 is 9.47 Å². The summed E-state index contributed by atoms with van der Waals surface area (Å²) in [5.74, 6) is 0.172. The molecule has 1 saturated heterocycles. The van der Waals surface area contributed by atoms with Gasteiger partial charge in [-0.1, -0.05) is 6.92 Å². The van der Waals surface area contributed by atoms with Crippen LogP contribution in [0.5, 0.6) is 11.5 Å². The largest absolute Gasteiger partial charge is 0.494 e. The third kappa shape index (κ3) is 5.11. The second-order valence-electron chi connectivity index (χ2n) is 6.55. The Balaban J connectivity index is 1.89. The molecule has 26 heavy (non-hydrogen) atoms. The van der Waals surface area contributed by atoms with E-state index in [1.807, 2.05) is 6.92 Å². The monoisotopic (exact) mass is 365 g/mol. The Hall–Kier alpha value is -2.28. The third-order valence-electron chi connectivity index (χ3n) is 4.46. The van der Waals surface area contributed by atoms with Crippen LogP contribution in [0.2, 0.25) is 0 Å². The first kappa shape index (κ1) is 20.0. The van der Waals surface area contributed by atoms with Crippen LogP contribution in [0.15, 0.2) is 24.3 Å². The number of benzene rings is 1. The summed E-state index contributed by atoms with van der Waals surface area (Å²) in [7, 11) is 1.47. The van der Waals surface area contributed by atoms with Crippen LogP contribution in [-0.4, -0.2) is 61.9 Å². The third-order valence-corrected chi connectivity index (χ3v) is 4.46. The van der Waals surface area contributed by atoms with E-state index in [9.17, 15) is 14.7 Å². The number of aliphatic carboxylic acids is 1. The summed E-state index contributed by atoms with van der Waals surface area (Å²) in [4.78, 5) is 25.6. The summed E-state index contributed by atoms with van der Waals surface area (Å²) in [5, 5.41) is 9.55. The van der Waals surface area contributed by atoms with Crippen LogP contribution in [0.1, 0.15) is 26.2 Å². The van der Waals surface area contributed by atoms with Gasteiger partial charge in [0.25, 0.3) is 5.91 Å². The average Bonchev–Trinajstić information content (AvgIpc) is 2.65. The number of piperidine rings is 1. The van der Waals surface area contributed by atoms with Crippen LogP contribution in [0.4, 0.5) is 0 Å². The molecule has 1 aromatic rings. The van der Waals surface area contributed by atoms with Gasteiger partial charge in [0.05, 0.1) is 13.2 Å². The highest BCUT2D eigenvalue weighted by molar-refractivity contribution is 5.80. The van der Waals surface area contributed by atoms with E-state index >= 15 is 0 Å². The Labute approximate surface area is 153 Å². The summed E-state index contributed by atoms with van der Waals surface area (Å²) in [6.45, 7) is 3.33. The maximum Gasteiger partial charge on any atom is 0.313 e. The molecule has 1 atom stereocenters. The molecule has 0 saturated carbocycles. The van der Waals surface area contributed by atoms with Crippen molar-refractivity contribution in [2.75, 3.05) is 40.0 Å². The van der Waals surface area contributed by atoms with Gasteiger partial charge < -0.3 is 24.2 Å². The zero-order valence-corrected chi connectivity index (χ0v) is 15.4. The molecule has 7 heteroatoms. The zero-order valence-electron chi connectivity index (χ0n) is 15.4. The highest BCUT2D eigenvalue weighted by Crippen LogP contribution is 2.31. The van der Waals surface area contributed by atoms with Crippen molar-refractivity contribution < 1.29 is 28.9 Å². The van der Waals surface area contributed by atoms with Crippen LogP contribution in [-0.2, 0) is 14.3 Å². The standard InChI is InChI=1S/C19H27NO6/c1-3-11-25-15-5-7-16(8-6-15)26-12-17(21)20-10-4-9-19(13-20,14-24-2)18(22)23/h5-8H,3-4,9-14H2,1-2H3,(H,22,23). The number of nitrogens with zero attached hydrogens (tertiary/aromatic N) is 1. The lowest BCUT2D eigenvalue weighted by atomic mass is 9.80. The van der Waals surface area contributed by atoms with Gasteiger partial charge in [-0.2, -0.15) is 0 Å². The van der Waals surface area contributed by atoms with Gasteiger partial charge in [-0.05, 0) is 43.5 Å². The molecule has 144 valence electrons. The van der Waals surface area contributed by atoms with Crippen molar-refractivity contribution in [3.8, 4) is 11.5 Å². The molecule has 1 aromatic carbocycles. The molecule has 7 nitrogen and oxygen atoms in total. The number of methoxy groups -OCH3 is 1. The van der Waals surface area contributed by atoms with E-state index in [4.69, 9.17) is 14.2 Å². The lowest BCUT2D eigenvalue weighted by Crippen LogP contribution is -2.53. The fourth-order valence-corrected chi connectivity index (χ4v) is 3.06. The van der Waals surface area contributed by atoms with Crippen molar-refractivity contribution in [2.24, 2.45) is 5.41 Å². The molecule has 1 aliphatic heterocycles. The van der Waals surface area contributed by atoms with Crippen molar-refractivity contribution in [2.45, 2.75) is 26.2 Å². The van der Waals surface area contributed by atoms with E-state index < -0.39 is 11.4 Å². The number of carbonyl (C=O) groups excluding carboxylic acids is 1. The number of ether oxygens (including phenoxy) is 3. The number of carboxylic acid groups (broad SMARTS) is 1. The molecule has 0 aromatic heterocycles. The highest BCUT2D eigenvalue weighted by atomic mass is 16.5. The van der Waals surface area contributed by atoms with Gasteiger partial charge in [0.15, 0.2) is 6.61 Å². The lowest BCUT2D eigenvalue weighted by Gasteiger charge is -2.39. The molecule has 1 unspecified atom stereocenters. The van der Waals surface area contributed by atoms with E-state index in [2.05, 4.69) is 0 Å². The SMILES string of the molecule is CCCOc1ccc(OCC(=O)N2CCCC(COC)(C(=O)O)C2)cc1. The summed E-state index contributed by atoms with van der Waals surface area (Å²) in [5.41, 5.74) is -1.04. The van der Waals surface area contributed by atoms with Crippen molar-refractivity contribution in [1.29, 1.82) is 0 Å². The fraction of sp³-hybridized carbons (Fsp3) is 0.579. The van der Waals surface area contributed by atoms with Crippen molar-refractivity contribution in [3.63, 3.8) is 0 Å². The molecular weight excluding hydrogens is 338 g/mol. The van der Waals surface area contributed by atoms with Gasteiger partial charge in [-0.15, -0.1) is 0 Å². The van der Waals surface area contributed by atoms with Crippen molar-refractivity contribution >= 4 is 11.9 Å². The minimum Gasteiger partial charge on any atom is -0.494 e. The molecule has 0 bridgehead atoms. The Kier molecular flexibility index (Phi) is 7.26. The first-order valence-corrected chi connectivity index (χ1v) is 8.86. The van der Waals surface area contributed by atoms with Gasteiger partial charge in [-0.3, -0.25) is 9.59 Å². The number of likely N-dealkylation sites (tertiary alicyclic amines) is 1. The Morgan fingerprint density at radius 2 is 1.85 bits per heavy atom. The molecule has 1 amide bonds. The number of hydrogen-bond donors (Lipinski definition) is 1. The second-order valence-corrected chi connectivity index (χ2v) is 6.55. The predicted molar refractivity (Wildman–Crippen MR) is 95.5 cm³/mol. The van der Waals surface area contributed by atoms with Crippen molar-refractivity contribution in [3.05, 3.63) is 24.3 Å². The number of carboxylic acids is 1. The zero-order chi connectivity index (χ0) is 19.0. The van der Waals surface area contributed by atoms with E-state index in [1.54, 1.807) is 29.2 Å². The molecule has 1 fully saturated rings. The predicted octanol–water partition coefficient (Wildman–Crippen LogP) is 2.19. The van der Waals surface area contributed by atoms with Crippen LogP contribution >= 0.6 is 0 Å².